The van der Waals surface area contributed by atoms with Crippen LogP contribution in [-0.4, -0.2) is 59.7 Å². The van der Waals surface area contributed by atoms with Gasteiger partial charge in [-0.05, 0) is 42.2 Å². The van der Waals surface area contributed by atoms with Crippen molar-refractivity contribution in [2.24, 2.45) is 5.92 Å². The lowest BCUT2D eigenvalue weighted by Gasteiger charge is -2.28. The van der Waals surface area contributed by atoms with Gasteiger partial charge in [-0.1, -0.05) is 36.4 Å². The van der Waals surface area contributed by atoms with Gasteiger partial charge in [-0.15, -0.1) is 0 Å². The highest BCUT2D eigenvalue weighted by Crippen LogP contribution is 2.21. The Balaban J connectivity index is 1.32. The van der Waals surface area contributed by atoms with Gasteiger partial charge in [0.25, 0.3) is 5.91 Å². The van der Waals surface area contributed by atoms with Crippen molar-refractivity contribution in [3.63, 3.8) is 0 Å². The topological polar surface area (TPSA) is 43.9 Å². The molecule has 1 atom stereocenters. The monoisotopic (exact) mass is 405 g/mol. The second-order valence-electron chi connectivity index (χ2n) is 8.61. The molecule has 30 heavy (non-hydrogen) atoms. The molecule has 0 spiro atoms. The lowest BCUT2D eigenvalue weighted by molar-refractivity contribution is -0.127. The number of nitrogens with zero attached hydrogens (tertiary/aromatic N) is 3. The van der Waals surface area contributed by atoms with E-state index in [1.807, 2.05) is 31.0 Å². The molecule has 0 aliphatic carbocycles. The number of carbonyl (C=O) groups excluding carboxylic acids is 2. The van der Waals surface area contributed by atoms with Crippen LogP contribution in [0.25, 0.3) is 0 Å². The number of rotatable bonds is 6. The molecule has 2 amide bonds. The molecule has 2 aliphatic heterocycles. The predicted molar refractivity (Wildman–Crippen MR) is 118 cm³/mol. The molecule has 2 aromatic carbocycles. The van der Waals surface area contributed by atoms with Crippen molar-refractivity contribution < 1.29 is 9.59 Å². The van der Waals surface area contributed by atoms with Crippen molar-refractivity contribution >= 4 is 11.8 Å². The van der Waals surface area contributed by atoms with E-state index >= 15 is 0 Å². The van der Waals surface area contributed by atoms with E-state index in [0.29, 0.717) is 18.5 Å². The number of hydrogen-bond acceptors (Lipinski definition) is 3. The van der Waals surface area contributed by atoms with Crippen LogP contribution in [0.2, 0.25) is 0 Å². The summed E-state index contributed by atoms with van der Waals surface area (Å²) in [5.74, 6) is 0.455. The van der Waals surface area contributed by atoms with Crippen LogP contribution in [0.5, 0.6) is 0 Å². The first-order valence-corrected chi connectivity index (χ1v) is 10.9. The Labute approximate surface area is 179 Å². The first-order valence-electron chi connectivity index (χ1n) is 10.9. The van der Waals surface area contributed by atoms with Gasteiger partial charge in [0.2, 0.25) is 5.91 Å². The van der Waals surface area contributed by atoms with E-state index in [2.05, 4.69) is 41.3 Å². The summed E-state index contributed by atoms with van der Waals surface area (Å²) in [6.07, 6.45) is 1.64. The van der Waals surface area contributed by atoms with Gasteiger partial charge >= 0.3 is 0 Å². The fourth-order valence-corrected chi connectivity index (χ4v) is 4.67. The van der Waals surface area contributed by atoms with E-state index < -0.39 is 0 Å². The molecule has 5 heteroatoms. The summed E-state index contributed by atoms with van der Waals surface area (Å²) in [5, 5.41) is 0. The quantitative estimate of drug-likeness (QED) is 0.741. The summed E-state index contributed by atoms with van der Waals surface area (Å²) < 4.78 is 0. The highest BCUT2D eigenvalue weighted by atomic mass is 16.2. The van der Waals surface area contributed by atoms with Crippen molar-refractivity contribution in [3.8, 4) is 0 Å². The molecule has 0 aromatic heterocycles. The summed E-state index contributed by atoms with van der Waals surface area (Å²) in [5.41, 5.74) is 4.82. The van der Waals surface area contributed by atoms with Crippen LogP contribution in [0.4, 0.5) is 0 Å². The second-order valence-corrected chi connectivity index (χ2v) is 8.61. The van der Waals surface area contributed by atoms with Crippen molar-refractivity contribution in [1.82, 2.24) is 14.7 Å². The third-order valence-corrected chi connectivity index (χ3v) is 6.37. The van der Waals surface area contributed by atoms with Gasteiger partial charge in [-0.3, -0.25) is 14.5 Å². The molecule has 1 fully saturated rings. The van der Waals surface area contributed by atoms with Crippen LogP contribution in [-0.2, 0) is 24.3 Å². The fraction of sp³-hybridized carbons (Fsp3) is 0.440. The normalized spacial score (nSPS) is 19.1. The van der Waals surface area contributed by atoms with Crippen LogP contribution >= 0.6 is 0 Å². The first kappa shape index (κ1) is 20.6. The van der Waals surface area contributed by atoms with Gasteiger partial charge in [0.1, 0.15) is 0 Å². The molecule has 0 N–H and O–H groups in total. The van der Waals surface area contributed by atoms with Gasteiger partial charge in [0.15, 0.2) is 0 Å². The maximum absolute atomic E-state index is 12.8. The van der Waals surface area contributed by atoms with Gasteiger partial charge in [0.05, 0.1) is 0 Å². The smallest absolute Gasteiger partial charge is 0.253 e. The number of benzene rings is 2. The van der Waals surface area contributed by atoms with E-state index in [-0.39, 0.29) is 17.7 Å². The third kappa shape index (κ3) is 4.57. The van der Waals surface area contributed by atoms with E-state index in [0.717, 1.165) is 39.1 Å². The Morgan fingerprint density at radius 1 is 1.10 bits per heavy atom. The van der Waals surface area contributed by atoms with Crippen molar-refractivity contribution in [3.05, 3.63) is 70.8 Å². The van der Waals surface area contributed by atoms with Gasteiger partial charge in [-0.25, -0.2) is 0 Å². The SMILES string of the molecule is CCN1CC(CN(C)C(=O)c2ccc(CN3CCc4ccccc4C3)cc2)CC1=O. The maximum Gasteiger partial charge on any atom is 0.253 e. The number of amides is 2. The molecule has 0 saturated carbocycles. The molecule has 2 aromatic rings. The Morgan fingerprint density at radius 2 is 1.83 bits per heavy atom. The molecule has 0 bridgehead atoms. The zero-order chi connectivity index (χ0) is 21.1. The Morgan fingerprint density at radius 3 is 2.53 bits per heavy atom. The average molecular weight is 406 g/mol. The summed E-state index contributed by atoms with van der Waals surface area (Å²) in [7, 11) is 1.83. The standard InChI is InChI=1S/C25H31N3O2/c1-3-28-17-20(14-24(28)29)15-26(2)25(30)22-10-8-19(9-11-22)16-27-13-12-21-6-4-5-7-23(21)18-27/h4-11,20H,3,12-18H2,1-2H3. The van der Waals surface area contributed by atoms with Crippen LogP contribution in [0.3, 0.4) is 0 Å². The minimum atomic E-state index is 0.0239. The summed E-state index contributed by atoms with van der Waals surface area (Å²) in [6, 6.07) is 16.7. The largest absolute Gasteiger partial charge is 0.343 e. The van der Waals surface area contributed by atoms with Gasteiger partial charge in [0, 0.05) is 64.2 Å². The molecular formula is C25H31N3O2. The van der Waals surface area contributed by atoms with E-state index in [4.69, 9.17) is 0 Å². The summed E-state index contributed by atoms with van der Waals surface area (Å²) in [4.78, 5) is 30.8. The summed E-state index contributed by atoms with van der Waals surface area (Å²) in [6.45, 7) is 7.07. The maximum atomic E-state index is 12.8. The minimum Gasteiger partial charge on any atom is -0.343 e. The molecule has 5 nitrogen and oxygen atoms in total. The number of carbonyl (C=O) groups is 2. The lowest BCUT2D eigenvalue weighted by atomic mass is 9.99. The van der Waals surface area contributed by atoms with Crippen molar-refractivity contribution in [2.75, 3.05) is 33.2 Å². The van der Waals surface area contributed by atoms with Crippen LogP contribution < -0.4 is 0 Å². The summed E-state index contributed by atoms with van der Waals surface area (Å²) >= 11 is 0. The molecule has 0 radical (unpaired) electrons. The van der Waals surface area contributed by atoms with Crippen LogP contribution in [0.15, 0.2) is 48.5 Å². The van der Waals surface area contributed by atoms with Crippen molar-refractivity contribution in [1.29, 1.82) is 0 Å². The lowest BCUT2D eigenvalue weighted by Crippen LogP contribution is -2.33. The van der Waals surface area contributed by atoms with Crippen LogP contribution in [0, 0.1) is 5.92 Å². The highest BCUT2D eigenvalue weighted by Gasteiger charge is 2.30. The predicted octanol–water partition coefficient (Wildman–Crippen LogP) is 3.19. The molecular weight excluding hydrogens is 374 g/mol. The Kier molecular flexibility index (Phi) is 6.18. The molecule has 158 valence electrons. The van der Waals surface area contributed by atoms with Crippen LogP contribution in [0.1, 0.15) is 40.4 Å². The van der Waals surface area contributed by atoms with E-state index in [9.17, 15) is 9.59 Å². The number of fused-ring (bicyclic) bond motifs is 1. The second kappa shape index (κ2) is 9.00. The van der Waals surface area contributed by atoms with E-state index in [1.165, 1.54) is 16.7 Å². The Hall–Kier alpha value is -2.66. The van der Waals surface area contributed by atoms with Crippen molar-refractivity contribution in [2.45, 2.75) is 32.9 Å². The van der Waals surface area contributed by atoms with E-state index in [1.54, 1.807) is 4.90 Å². The number of likely N-dealkylation sites (tertiary alicyclic amines) is 1. The fourth-order valence-electron chi connectivity index (χ4n) is 4.67. The van der Waals surface area contributed by atoms with Gasteiger partial charge in [-0.2, -0.15) is 0 Å². The van der Waals surface area contributed by atoms with Gasteiger partial charge < -0.3 is 9.80 Å². The Bertz CT molecular complexity index is 909. The zero-order valence-electron chi connectivity index (χ0n) is 18.0. The zero-order valence-corrected chi connectivity index (χ0v) is 18.0. The molecule has 2 aliphatic rings. The highest BCUT2D eigenvalue weighted by molar-refractivity contribution is 5.94. The molecule has 1 unspecified atom stereocenters. The number of hydrogen-bond donors (Lipinski definition) is 0. The average Bonchev–Trinajstić information content (AvgIpc) is 3.12. The minimum absolute atomic E-state index is 0.0239. The first-order chi connectivity index (χ1) is 14.5. The molecule has 2 heterocycles. The molecule has 4 rings (SSSR count). The third-order valence-electron chi connectivity index (χ3n) is 6.37. The molecule has 1 saturated heterocycles.